The Bertz CT molecular complexity index is 8.00. The molecule has 0 aliphatic heterocycles. The Labute approximate surface area is 36.0 Å². The lowest BCUT2D eigenvalue weighted by Gasteiger charge is -1.58. The molecule has 1 nitrogen and oxygen atoms in total. The third kappa shape index (κ3) is 21.2. The minimum atomic E-state index is 0. The third-order valence-electron chi connectivity index (χ3n) is 0. The minimum absolute atomic E-state index is 0. The first-order chi connectivity index (χ1) is 1.41. The second-order valence-electron chi connectivity index (χ2n) is 0.183. The highest BCUT2D eigenvalue weighted by atomic mass is 32.1. The maximum atomic E-state index is 3.94. The molecule has 3 heteroatoms. The normalized spacial score (nSPS) is 4.50. The summed E-state index contributed by atoms with van der Waals surface area (Å²) in [6.45, 7) is 0. The van der Waals surface area contributed by atoms with Gasteiger partial charge in [0.1, 0.15) is 0 Å². The van der Waals surface area contributed by atoms with E-state index in [1.165, 1.54) is 7.11 Å². The maximum Gasteiger partial charge on any atom is 0.0500 e. The molecule has 0 N–H and O–H groups in total. The fourth-order valence-corrected chi connectivity index (χ4v) is 0. The van der Waals surface area contributed by atoms with Crippen LogP contribution in [0.3, 0.4) is 0 Å². The van der Waals surface area contributed by atoms with E-state index < -0.39 is 0 Å². The Balaban J connectivity index is 0. The van der Waals surface area contributed by atoms with Gasteiger partial charge in [0.05, 0.1) is 0 Å². The van der Waals surface area contributed by atoms with Gasteiger partial charge in [0.2, 0.25) is 0 Å². The van der Waals surface area contributed by atoms with E-state index >= 15 is 0 Å². The quantitative estimate of drug-likeness (QED) is 0.253. The smallest absolute Gasteiger partial charge is 0.0500 e. The van der Waals surface area contributed by atoms with Crippen molar-refractivity contribution in [1.29, 1.82) is 0 Å². The van der Waals surface area contributed by atoms with Crippen LogP contribution in [0.2, 0.25) is 0 Å². The summed E-state index contributed by atoms with van der Waals surface area (Å²) in [7, 11) is 1.49. The van der Waals surface area contributed by atoms with Gasteiger partial charge >= 0.3 is 0 Å². The van der Waals surface area contributed by atoms with Crippen LogP contribution in [0.4, 0.5) is 0 Å². The predicted molar refractivity (Wildman–Crippen MR) is 21.7 cm³/mol. The first-order valence-electron chi connectivity index (χ1n) is 0.591. The third-order valence-corrected chi connectivity index (χ3v) is 0. The van der Waals surface area contributed by atoms with Gasteiger partial charge in [-0.2, -0.15) is 0 Å². The highest BCUT2D eigenvalue weighted by molar-refractivity contribution is 7.75. The van der Waals surface area contributed by atoms with Gasteiger partial charge in [0.15, 0.2) is 0 Å². The van der Waals surface area contributed by atoms with Crippen LogP contribution in [0.25, 0.3) is 0 Å². The Morgan fingerprint density at radius 3 is 1.75 bits per heavy atom. The van der Waals surface area contributed by atoms with Crippen LogP contribution in [0.5, 0.6) is 0 Å². The summed E-state index contributed by atoms with van der Waals surface area (Å²) in [6, 6.07) is 0. The van der Waals surface area contributed by atoms with E-state index in [-0.39, 0.29) is 11.0 Å². The summed E-state index contributed by atoms with van der Waals surface area (Å²) < 4.78 is 3.94. The average Bonchev–Trinajstić information content (AvgIpc) is 0.918. The molecule has 0 saturated heterocycles. The topological polar surface area (TPSA) is 9.23 Å². The summed E-state index contributed by atoms with van der Waals surface area (Å²) >= 11 is 3.29. The predicted octanol–water partition coefficient (Wildman–Crippen LogP) is 0.0968. The summed E-state index contributed by atoms with van der Waals surface area (Å²) in [4.78, 5) is 0. The molecule has 0 aromatic carbocycles. The van der Waals surface area contributed by atoms with Crippen molar-refractivity contribution in [3.05, 3.63) is 0 Å². The van der Waals surface area contributed by atoms with Crippen molar-refractivity contribution >= 4 is 23.9 Å². The number of hydrogen-bond acceptors (Lipinski definition) is 2. The lowest BCUT2D eigenvalue weighted by Crippen LogP contribution is -1.40. The molecule has 0 rings (SSSR count). The summed E-state index contributed by atoms with van der Waals surface area (Å²) in [6.07, 6.45) is 0. The number of rotatable bonds is 0. The molecule has 24 valence electrons. The molecule has 0 bridgehead atoms. The molecule has 0 fully saturated rings. The molecule has 0 spiro atoms. The highest BCUT2D eigenvalue weighted by Crippen LogP contribution is 1.57. The molecular weight excluding hydrogens is 88.2 g/mol. The molecule has 0 saturated carbocycles. The summed E-state index contributed by atoms with van der Waals surface area (Å²) in [5.74, 6) is 0. The van der Waals surface area contributed by atoms with Crippen molar-refractivity contribution in [2.45, 2.75) is 0 Å². The van der Waals surface area contributed by atoms with Gasteiger partial charge in [0.25, 0.3) is 0 Å². The van der Waals surface area contributed by atoms with E-state index in [0.717, 1.165) is 0 Å². The summed E-state index contributed by atoms with van der Waals surface area (Å²) in [5.41, 5.74) is 0. The van der Waals surface area contributed by atoms with Crippen LogP contribution in [-0.2, 0) is 4.18 Å². The van der Waals surface area contributed by atoms with Gasteiger partial charge in [0, 0.05) is 18.1 Å². The molecule has 0 heterocycles. The van der Waals surface area contributed by atoms with E-state index in [9.17, 15) is 0 Å². The maximum absolute atomic E-state index is 3.94. The van der Waals surface area contributed by atoms with Gasteiger partial charge in [-0.25, -0.2) is 0 Å². The minimum Gasteiger partial charge on any atom is -0.322 e. The second kappa shape index (κ2) is 9.66. The Morgan fingerprint density at radius 2 is 1.75 bits per heavy atom. The molecule has 0 aromatic heterocycles. The van der Waals surface area contributed by atoms with E-state index in [0.29, 0.717) is 0 Å². The first-order valence-corrected chi connectivity index (χ1v) is 0.956. The van der Waals surface area contributed by atoms with Gasteiger partial charge < -0.3 is 4.18 Å². The molecule has 4 heavy (non-hydrogen) atoms. The van der Waals surface area contributed by atoms with Crippen LogP contribution >= 0.6 is 12.9 Å². The zero-order valence-electron chi connectivity index (χ0n) is 2.36. The lowest BCUT2D eigenvalue weighted by molar-refractivity contribution is 0.500. The van der Waals surface area contributed by atoms with Crippen LogP contribution in [-0.4, -0.2) is 18.1 Å². The first kappa shape index (κ1) is 8.82. The number of hydrogen-bond donors (Lipinski definition) is 1. The Hall–Kier alpha value is 0.527. The van der Waals surface area contributed by atoms with Crippen LogP contribution in [0.1, 0.15) is 0 Å². The molecule has 0 unspecified atom stereocenters. The van der Waals surface area contributed by atoms with E-state index in [1.54, 1.807) is 0 Å². The summed E-state index contributed by atoms with van der Waals surface area (Å²) in [5, 5.41) is 0. The van der Waals surface area contributed by atoms with Crippen LogP contribution < -0.4 is 0 Å². The van der Waals surface area contributed by atoms with E-state index in [2.05, 4.69) is 17.1 Å². The zero-order chi connectivity index (χ0) is 2.71. The fraction of sp³-hybridized carbons (Fsp3) is 1.00. The molecule has 0 aromatic rings. The standard InChI is InChI=1S/CH4OS.Si/c1-2-3;/h3H,1H3;. The van der Waals surface area contributed by atoms with E-state index in [4.69, 9.17) is 0 Å². The Morgan fingerprint density at radius 1 is 1.75 bits per heavy atom. The number of thiol groups is 1. The molecule has 0 atom stereocenters. The van der Waals surface area contributed by atoms with Crippen molar-refractivity contribution in [3.63, 3.8) is 0 Å². The van der Waals surface area contributed by atoms with Crippen molar-refractivity contribution in [1.82, 2.24) is 0 Å². The van der Waals surface area contributed by atoms with Crippen molar-refractivity contribution < 1.29 is 4.18 Å². The van der Waals surface area contributed by atoms with E-state index in [1.807, 2.05) is 0 Å². The molecule has 0 aliphatic carbocycles. The molecule has 4 radical (unpaired) electrons. The fourth-order valence-electron chi connectivity index (χ4n) is 0. The van der Waals surface area contributed by atoms with Gasteiger partial charge in [-0.05, 0) is 12.9 Å². The molecule has 0 aliphatic rings. The van der Waals surface area contributed by atoms with Crippen molar-refractivity contribution in [2.75, 3.05) is 7.11 Å². The second-order valence-corrected chi connectivity index (χ2v) is 0.548. The lowest BCUT2D eigenvalue weighted by atomic mass is 11.8. The molecule has 0 amide bonds. The Kier molecular flexibility index (Phi) is 21.3. The zero-order valence-corrected chi connectivity index (χ0v) is 4.25. The average molecular weight is 92.2 g/mol. The molecular formula is CH4OSSi. The SMILES string of the molecule is COS.[Si]. The van der Waals surface area contributed by atoms with Gasteiger partial charge in [-0.15, -0.1) is 0 Å². The van der Waals surface area contributed by atoms with Crippen LogP contribution in [0.15, 0.2) is 0 Å². The van der Waals surface area contributed by atoms with Crippen molar-refractivity contribution in [2.24, 2.45) is 0 Å². The van der Waals surface area contributed by atoms with Gasteiger partial charge in [-0.3, -0.25) is 0 Å². The van der Waals surface area contributed by atoms with Crippen molar-refractivity contribution in [3.8, 4) is 0 Å². The van der Waals surface area contributed by atoms with Crippen LogP contribution in [0, 0.1) is 0 Å². The van der Waals surface area contributed by atoms with Gasteiger partial charge in [-0.1, -0.05) is 0 Å². The largest absolute Gasteiger partial charge is 0.322 e. The highest BCUT2D eigenvalue weighted by Gasteiger charge is 1.27. The monoisotopic (exact) mass is 92.0 g/mol.